The Hall–Kier alpha value is -3.45. The van der Waals surface area contributed by atoms with Gasteiger partial charge in [0.05, 0.1) is 35.1 Å². The summed E-state index contributed by atoms with van der Waals surface area (Å²) in [7, 11) is 0. The van der Waals surface area contributed by atoms with Crippen LogP contribution in [0.4, 0.5) is 5.69 Å². The highest BCUT2D eigenvalue weighted by Gasteiger charge is 2.27. The molecule has 0 aliphatic carbocycles. The molecule has 1 heterocycles. The van der Waals surface area contributed by atoms with Crippen molar-refractivity contribution in [3.05, 3.63) is 71.8 Å². The molecular formula is C28H28BrN2O4+. The maximum absolute atomic E-state index is 12.6. The highest BCUT2D eigenvalue weighted by Crippen LogP contribution is 2.35. The Balaban J connectivity index is 2.16. The van der Waals surface area contributed by atoms with Crippen LogP contribution < -0.4 is 10.3 Å². The highest BCUT2D eigenvalue weighted by atomic mass is 79.9. The number of carbonyl (C=O) groups excluding carboxylic acids is 2. The van der Waals surface area contributed by atoms with Crippen molar-refractivity contribution >= 4 is 55.2 Å². The van der Waals surface area contributed by atoms with Crippen LogP contribution in [-0.4, -0.2) is 30.5 Å². The summed E-state index contributed by atoms with van der Waals surface area (Å²) in [6.45, 7) is 4.83. The van der Waals surface area contributed by atoms with E-state index < -0.39 is 5.97 Å². The number of aryl methyl sites for hydroxylation is 1. The largest absolute Gasteiger partial charge is 0.462 e. The van der Waals surface area contributed by atoms with Gasteiger partial charge in [0.15, 0.2) is 6.54 Å². The average molecular weight is 536 g/mol. The van der Waals surface area contributed by atoms with Gasteiger partial charge in [-0.3, -0.25) is 0 Å². The van der Waals surface area contributed by atoms with E-state index in [0.29, 0.717) is 30.0 Å². The second-order valence-corrected chi connectivity index (χ2v) is 8.86. The summed E-state index contributed by atoms with van der Waals surface area (Å²) < 4.78 is 12.7. The molecule has 4 rings (SSSR count). The Labute approximate surface area is 212 Å². The Bertz CT molecular complexity index is 1400. The van der Waals surface area contributed by atoms with Gasteiger partial charge in [-0.05, 0) is 44.2 Å². The summed E-state index contributed by atoms with van der Waals surface area (Å²) in [6, 6.07) is 19.1. The van der Waals surface area contributed by atoms with Gasteiger partial charge in [-0.25, -0.2) is 9.59 Å². The molecule has 0 fully saturated rings. The zero-order valence-corrected chi connectivity index (χ0v) is 21.4. The minimum absolute atomic E-state index is 0.282. The number of esters is 2. The molecule has 7 heteroatoms. The lowest BCUT2D eigenvalue weighted by molar-refractivity contribution is -0.659. The number of nitrogens with zero attached hydrogens (tertiary/aromatic N) is 1. The summed E-state index contributed by atoms with van der Waals surface area (Å²) in [5.41, 5.74) is 10.7. The number of carbonyl (C=O) groups is 2. The second-order valence-electron chi connectivity index (χ2n) is 8.07. The fraction of sp³-hybridized carbons (Fsp3) is 0.250. The van der Waals surface area contributed by atoms with Crippen LogP contribution in [0.5, 0.6) is 0 Å². The normalized spacial score (nSPS) is 11.1. The monoisotopic (exact) mass is 535 g/mol. The topological polar surface area (TPSA) is 82.5 Å². The predicted molar refractivity (Wildman–Crippen MR) is 142 cm³/mol. The first-order valence-corrected chi connectivity index (χ1v) is 12.8. The highest BCUT2D eigenvalue weighted by molar-refractivity contribution is 9.09. The molecule has 3 aromatic carbocycles. The molecule has 0 atom stereocenters. The van der Waals surface area contributed by atoms with E-state index in [2.05, 4.69) is 20.5 Å². The van der Waals surface area contributed by atoms with E-state index in [1.54, 1.807) is 26.0 Å². The smallest absolute Gasteiger partial charge is 0.338 e. The predicted octanol–water partition coefficient (Wildman–Crippen LogP) is 5.67. The third-order valence-corrected chi connectivity index (χ3v) is 6.40. The molecule has 0 radical (unpaired) electrons. The van der Waals surface area contributed by atoms with Gasteiger partial charge in [0.25, 0.3) is 0 Å². The van der Waals surface area contributed by atoms with Crippen LogP contribution in [0.2, 0.25) is 0 Å². The number of rotatable bonds is 8. The summed E-state index contributed by atoms with van der Waals surface area (Å²) in [4.78, 5) is 25.2. The lowest BCUT2D eigenvalue weighted by Gasteiger charge is -2.15. The summed E-state index contributed by atoms with van der Waals surface area (Å²) >= 11 is 3.55. The first kappa shape index (κ1) is 24.7. The van der Waals surface area contributed by atoms with E-state index in [-0.39, 0.29) is 12.6 Å². The third kappa shape index (κ3) is 4.86. The van der Waals surface area contributed by atoms with Crippen molar-refractivity contribution in [2.24, 2.45) is 0 Å². The maximum Gasteiger partial charge on any atom is 0.338 e. The number of benzene rings is 3. The summed E-state index contributed by atoms with van der Waals surface area (Å²) in [6.07, 6.45) is 0.853. The molecule has 0 aliphatic rings. The number of alkyl halides is 1. The number of aromatic nitrogens is 1. The fourth-order valence-electron chi connectivity index (χ4n) is 4.41. The SMILES string of the molecule is CCOC(=O)c1ccc2c(c1)c(-c1ccccc1)[n+](CCCBr)c1cc(C(=O)OCC)cc(N)c21. The molecule has 0 bridgehead atoms. The number of hydrogen-bond donors (Lipinski definition) is 1. The van der Waals surface area contributed by atoms with Gasteiger partial charge in [0.2, 0.25) is 11.2 Å². The number of hydrogen-bond acceptors (Lipinski definition) is 5. The molecule has 0 spiro atoms. The molecule has 0 amide bonds. The second kappa shape index (κ2) is 10.9. The minimum atomic E-state index is -0.410. The molecule has 2 N–H and O–H groups in total. The van der Waals surface area contributed by atoms with Crippen molar-refractivity contribution in [2.75, 3.05) is 24.3 Å². The van der Waals surface area contributed by atoms with Gasteiger partial charge in [-0.2, -0.15) is 4.57 Å². The van der Waals surface area contributed by atoms with Crippen molar-refractivity contribution in [2.45, 2.75) is 26.8 Å². The molecule has 0 saturated heterocycles. The number of ether oxygens (including phenoxy) is 2. The van der Waals surface area contributed by atoms with Crippen LogP contribution in [-0.2, 0) is 16.0 Å². The number of fused-ring (bicyclic) bond motifs is 3. The summed E-state index contributed by atoms with van der Waals surface area (Å²) in [5.74, 6) is -0.779. The third-order valence-electron chi connectivity index (χ3n) is 5.84. The van der Waals surface area contributed by atoms with Gasteiger partial charge in [-0.15, -0.1) is 0 Å². The van der Waals surface area contributed by atoms with Crippen molar-refractivity contribution in [1.29, 1.82) is 0 Å². The average Bonchev–Trinajstić information content (AvgIpc) is 2.87. The molecule has 0 unspecified atom stereocenters. The van der Waals surface area contributed by atoms with Gasteiger partial charge in [0, 0.05) is 34.5 Å². The van der Waals surface area contributed by atoms with E-state index >= 15 is 0 Å². The fourth-order valence-corrected chi connectivity index (χ4v) is 4.66. The van der Waals surface area contributed by atoms with E-state index in [9.17, 15) is 9.59 Å². The molecule has 0 saturated carbocycles. The van der Waals surface area contributed by atoms with Gasteiger partial charge < -0.3 is 15.2 Å². The molecule has 4 aromatic rings. The zero-order valence-electron chi connectivity index (χ0n) is 19.8. The lowest BCUT2D eigenvalue weighted by atomic mass is 9.95. The molecule has 1 aromatic heterocycles. The Morgan fingerprint density at radius 2 is 1.57 bits per heavy atom. The number of pyridine rings is 1. The van der Waals surface area contributed by atoms with E-state index in [0.717, 1.165) is 44.7 Å². The van der Waals surface area contributed by atoms with E-state index in [1.807, 2.05) is 48.5 Å². The van der Waals surface area contributed by atoms with Crippen molar-refractivity contribution in [3.63, 3.8) is 0 Å². The number of nitrogens with two attached hydrogens (primary N) is 1. The molecule has 0 aliphatic heterocycles. The van der Waals surface area contributed by atoms with Crippen molar-refractivity contribution < 1.29 is 23.6 Å². The van der Waals surface area contributed by atoms with Crippen LogP contribution in [0.1, 0.15) is 41.0 Å². The van der Waals surface area contributed by atoms with Crippen LogP contribution in [0.25, 0.3) is 32.9 Å². The van der Waals surface area contributed by atoms with Crippen LogP contribution in [0, 0.1) is 0 Å². The van der Waals surface area contributed by atoms with Gasteiger partial charge in [0.1, 0.15) is 0 Å². The zero-order chi connectivity index (χ0) is 24.9. The molecular weight excluding hydrogens is 508 g/mol. The van der Waals surface area contributed by atoms with E-state index in [4.69, 9.17) is 15.2 Å². The Morgan fingerprint density at radius 3 is 2.23 bits per heavy atom. The maximum atomic E-state index is 12.6. The van der Waals surface area contributed by atoms with Crippen LogP contribution >= 0.6 is 15.9 Å². The van der Waals surface area contributed by atoms with Crippen LogP contribution in [0.15, 0.2) is 60.7 Å². The van der Waals surface area contributed by atoms with Gasteiger partial charge in [-0.1, -0.05) is 40.2 Å². The first-order valence-electron chi connectivity index (χ1n) is 11.7. The summed E-state index contributed by atoms with van der Waals surface area (Å²) in [5, 5.41) is 3.43. The lowest BCUT2D eigenvalue weighted by Crippen LogP contribution is -2.38. The van der Waals surface area contributed by atoms with E-state index in [1.165, 1.54) is 0 Å². The van der Waals surface area contributed by atoms with Crippen LogP contribution in [0.3, 0.4) is 0 Å². The molecule has 180 valence electrons. The first-order chi connectivity index (χ1) is 17.0. The number of halogens is 1. The van der Waals surface area contributed by atoms with Gasteiger partial charge >= 0.3 is 11.9 Å². The Morgan fingerprint density at radius 1 is 0.886 bits per heavy atom. The quantitative estimate of drug-likeness (QED) is 0.103. The van der Waals surface area contributed by atoms with Crippen molar-refractivity contribution in [1.82, 2.24) is 0 Å². The number of anilines is 1. The minimum Gasteiger partial charge on any atom is -0.462 e. The number of nitrogen functional groups attached to an aromatic ring is 1. The molecule has 35 heavy (non-hydrogen) atoms. The molecule has 6 nitrogen and oxygen atoms in total. The van der Waals surface area contributed by atoms with Crippen molar-refractivity contribution in [3.8, 4) is 11.3 Å². The Kier molecular flexibility index (Phi) is 7.66. The standard InChI is InChI=1S/C28H27BrN2O4/c1-3-34-27(32)19-11-12-21-22(15-19)26(18-9-6-5-7-10-18)31(14-8-13-29)24-17-20(28(33)35-4-2)16-23(30)25(21)24/h5-7,9-12,15-17,30H,3-4,8,13-14H2,1-2H3/p+1.